The summed E-state index contributed by atoms with van der Waals surface area (Å²) in [6.45, 7) is 2.49. The van der Waals surface area contributed by atoms with E-state index in [4.69, 9.17) is 30.7 Å². The van der Waals surface area contributed by atoms with Crippen molar-refractivity contribution in [1.29, 1.82) is 0 Å². The van der Waals surface area contributed by atoms with E-state index in [0.29, 0.717) is 11.3 Å². The molecular weight excluding hydrogens is 572 g/mol. The van der Waals surface area contributed by atoms with E-state index in [1.54, 1.807) is 25.1 Å². The van der Waals surface area contributed by atoms with Gasteiger partial charge in [0.15, 0.2) is 23.2 Å². The number of alkyl halides is 1. The van der Waals surface area contributed by atoms with Crippen LogP contribution in [0.15, 0.2) is 36.7 Å². The predicted molar refractivity (Wildman–Crippen MR) is 149 cm³/mol. The molecule has 3 heterocycles. The third kappa shape index (κ3) is 6.04. The molecule has 0 radical (unpaired) electrons. The highest BCUT2D eigenvalue weighted by molar-refractivity contribution is 7.52. The minimum Gasteiger partial charge on any atom is -0.465 e. The molecule has 5 rings (SSSR count). The number of aliphatic hydroxyl groups is 1. The Labute approximate surface area is 240 Å². The number of fused-ring (bicyclic) bond motifs is 1. The first-order chi connectivity index (χ1) is 20.1. The third-order valence-electron chi connectivity index (χ3n) is 6.65. The third-order valence-corrected chi connectivity index (χ3v) is 8.29. The van der Waals surface area contributed by atoms with Crippen LogP contribution in [0.4, 0.5) is 16.2 Å². The average molecular weight is 604 g/mol. The van der Waals surface area contributed by atoms with Gasteiger partial charge in [0.2, 0.25) is 11.6 Å². The van der Waals surface area contributed by atoms with Crippen molar-refractivity contribution in [2.45, 2.75) is 62.9 Å². The van der Waals surface area contributed by atoms with E-state index in [1.807, 2.05) is 5.92 Å². The maximum Gasteiger partial charge on any atom is 0.459 e. The van der Waals surface area contributed by atoms with Crippen molar-refractivity contribution < 1.29 is 37.4 Å². The number of aromatic nitrogens is 4. The highest BCUT2D eigenvalue weighted by atomic mass is 31.2. The number of nitrogens with one attached hydrogen (secondary N) is 2. The first-order valence-corrected chi connectivity index (χ1v) is 14.8. The first-order valence-electron chi connectivity index (χ1n) is 13.3. The molecule has 6 atom stereocenters. The van der Waals surface area contributed by atoms with E-state index >= 15 is 4.39 Å². The number of imidazole rings is 1. The summed E-state index contributed by atoms with van der Waals surface area (Å²) in [7, 11) is -4.32. The number of anilines is 2. The van der Waals surface area contributed by atoms with Crippen LogP contribution in [-0.2, 0) is 23.4 Å². The van der Waals surface area contributed by atoms with Crippen molar-refractivity contribution in [3.8, 4) is 18.1 Å². The van der Waals surface area contributed by atoms with E-state index < -0.39 is 50.5 Å². The van der Waals surface area contributed by atoms with Gasteiger partial charge in [0.05, 0.1) is 19.5 Å². The van der Waals surface area contributed by atoms with Crippen molar-refractivity contribution in [2.24, 2.45) is 0 Å². The zero-order chi connectivity index (χ0) is 30.1. The molecule has 0 spiro atoms. The van der Waals surface area contributed by atoms with Gasteiger partial charge in [0, 0.05) is 6.04 Å². The SMILES string of the molecule is C#C[C@@]1(F)[C@H](O)[C@@H](COP(=O)(N[C@H](C)C(=O)OCC)Oc2ccccc2)O[C@H]1n1cnc2c(NC3CC3)nc(N)nc21. The van der Waals surface area contributed by atoms with E-state index in [-0.39, 0.29) is 30.0 Å². The molecule has 0 bridgehead atoms. The molecule has 42 heavy (non-hydrogen) atoms. The number of hydrogen-bond donors (Lipinski definition) is 4. The van der Waals surface area contributed by atoms with E-state index in [9.17, 15) is 14.5 Å². The minimum atomic E-state index is -4.32. The zero-order valence-electron chi connectivity index (χ0n) is 22.8. The Hall–Kier alpha value is -3.80. The predicted octanol–water partition coefficient (Wildman–Crippen LogP) is 2.33. The average Bonchev–Trinajstić information content (AvgIpc) is 3.62. The molecule has 3 aromatic rings. The normalized spacial score (nSPS) is 25.8. The molecule has 224 valence electrons. The van der Waals surface area contributed by atoms with Crippen LogP contribution in [0.3, 0.4) is 0 Å². The highest BCUT2D eigenvalue weighted by Gasteiger charge is 2.58. The van der Waals surface area contributed by atoms with E-state index in [2.05, 4.69) is 25.4 Å². The molecule has 5 N–H and O–H groups in total. The Balaban J connectivity index is 1.39. The number of carbonyl (C=O) groups is 1. The number of halogens is 1. The van der Waals surface area contributed by atoms with E-state index in [1.165, 1.54) is 30.0 Å². The summed E-state index contributed by atoms with van der Waals surface area (Å²) >= 11 is 0. The molecule has 2 aliphatic rings. The van der Waals surface area contributed by atoms with Gasteiger partial charge in [-0.3, -0.25) is 13.9 Å². The molecule has 1 saturated carbocycles. The smallest absolute Gasteiger partial charge is 0.459 e. The standard InChI is InChI=1S/C26H31FN7O7P/c1-4-26(27)20(35)18(13-39-42(37,33-15(3)23(36)38-5-2)41-17-9-7-6-8-10-17)40-24(26)34-14-29-19-21(30-16-11-12-16)31-25(28)32-22(19)34/h1,6-10,14-16,18,20,24,35H,5,11-13H2,2-3H3,(H,33,37)(H3,28,30,31,32)/t15-,18-,20-,24-,26-,42?/m1/s1. The Morgan fingerprint density at radius 1 is 1.38 bits per heavy atom. The van der Waals surface area contributed by atoms with Gasteiger partial charge < -0.3 is 30.2 Å². The molecule has 14 nitrogen and oxygen atoms in total. The largest absolute Gasteiger partial charge is 0.465 e. The second-order valence-electron chi connectivity index (χ2n) is 9.86. The van der Waals surface area contributed by atoms with Crippen LogP contribution >= 0.6 is 7.75 Å². The molecule has 16 heteroatoms. The number of aliphatic hydroxyl groups excluding tert-OH is 1. The number of nitrogens with zero attached hydrogens (tertiary/aromatic N) is 4. The van der Waals surface area contributed by atoms with Crippen molar-refractivity contribution in [2.75, 3.05) is 24.3 Å². The van der Waals surface area contributed by atoms with Crippen LogP contribution in [0.2, 0.25) is 0 Å². The van der Waals surface area contributed by atoms with Crippen molar-refractivity contribution in [1.82, 2.24) is 24.6 Å². The van der Waals surface area contributed by atoms with Crippen LogP contribution in [0, 0.1) is 12.3 Å². The summed E-state index contributed by atoms with van der Waals surface area (Å²) in [5.74, 6) is 1.73. The number of terminal acetylenes is 1. The lowest BCUT2D eigenvalue weighted by atomic mass is 9.97. The summed E-state index contributed by atoms with van der Waals surface area (Å²) in [6.07, 6.45) is 3.77. The van der Waals surface area contributed by atoms with Crippen LogP contribution in [0.1, 0.15) is 32.9 Å². The minimum absolute atomic E-state index is 0.0863. The van der Waals surface area contributed by atoms with Gasteiger partial charge in [-0.2, -0.15) is 15.1 Å². The fourth-order valence-corrected chi connectivity index (χ4v) is 5.88. The molecular formula is C26H31FN7O7P. The van der Waals surface area contributed by atoms with Gasteiger partial charge in [-0.05, 0) is 38.8 Å². The van der Waals surface area contributed by atoms with Crippen LogP contribution in [0.25, 0.3) is 11.2 Å². The molecule has 1 aliphatic carbocycles. The second kappa shape index (κ2) is 11.8. The number of rotatable bonds is 12. The van der Waals surface area contributed by atoms with Gasteiger partial charge in [-0.1, -0.05) is 24.1 Å². The second-order valence-corrected chi connectivity index (χ2v) is 11.6. The number of para-hydroxylation sites is 1. The fraction of sp³-hybridized carbons (Fsp3) is 0.462. The summed E-state index contributed by atoms with van der Waals surface area (Å²) in [4.78, 5) is 24.9. The van der Waals surface area contributed by atoms with Crippen molar-refractivity contribution in [3.05, 3.63) is 36.7 Å². The molecule has 1 saturated heterocycles. The first kappa shape index (κ1) is 29.7. The monoisotopic (exact) mass is 603 g/mol. The number of nitrogens with two attached hydrogens (primary N) is 1. The number of benzene rings is 1. The number of ether oxygens (including phenoxy) is 2. The molecule has 1 aliphatic heterocycles. The quantitative estimate of drug-likeness (QED) is 0.134. The summed E-state index contributed by atoms with van der Waals surface area (Å²) < 4.78 is 53.2. The zero-order valence-corrected chi connectivity index (χ0v) is 23.7. The van der Waals surface area contributed by atoms with Crippen LogP contribution < -0.4 is 20.7 Å². The van der Waals surface area contributed by atoms with E-state index in [0.717, 1.165) is 12.8 Å². The molecule has 1 aromatic carbocycles. The van der Waals surface area contributed by atoms with Gasteiger partial charge in [0.25, 0.3) is 0 Å². The Morgan fingerprint density at radius 2 is 2.12 bits per heavy atom. The number of hydrogen-bond acceptors (Lipinski definition) is 12. The topological polar surface area (TPSA) is 185 Å². The number of nitrogen functional groups attached to an aromatic ring is 1. The lowest BCUT2D eigenvalue weighted by Crippen LogP contribution is -2.42. The van der Waals surface area contributed by atoms with Gasteiger partial charge >= 0.3 is 13.7 Å². The maximum atomic E-state index is 16.2. The Bertz CT molecular complexity index is 1530. The molecule has 0 amide bonds. The number of carbonyl (C=O) groups excluding carboxylic acids is 1. The van der Waals surface area contributed by atoms with Gasteiger partial charge in [0.1, 0.15) is 24.0 Å². The van der Waals surface area contributed by atoms with Crippen LogP contribution in [-0.4, -0.2) is 73.8 Å². The van der Waals surface area contributed by atoms with Gasteiger partial charge in [-0.25, -0.2) is 13.9 Å². The van der Waals surface area contributed by atoms with Crippen molar-refractivity contribution >= 4 is 36.6 Å². The Kier molecular flexibility index (Phi) is 8.36. The summed E-state index contributed by atoms with van der Waals surface area (Å²) in [6, 6.07) is 7.18. The Morgan fingerprint density at radius 3 is 2.79 bits per heavy atom. The van der Waals surface area contributed by atoms with Gasteiger partial charge in [-0.15, -0.1) is 6.42 Å². The highest BCUT2D eigenvalue weighted by Crippen LogP contribution is 2.48. The summed E-state index contributed by atoms with van der Waals surface area (Å²) in [5.41, 5.74) is 3.57. The number of esters is 1. The summed E-state index contributed by atoms with van der Waals surface area (Å²) in [5, 5.41) is 16.7. The lowest BCUT2D eigenvalue weighted by Gasteiger charge is -2.25. The fourth-order valence-electron chi connectivity index (χ4n) is 4.38. The molecule has 2 fully saturated rings. The molecule has 2 aromatic heterocycles. The lowest BCUT2D eigenvalue weighted by molar-refractivity contribution is -0.144. The maximum absolute atomic E-state index is 16.2. The van der Waals surface area contributed by atoms with Crippen molar-refractivity contribution in [3.63, 3.8) is 0 Å². The molecule has 1 unspecified atom stereocenters. The van der Waals surface area contributed by atoms with Crippen LogP contribution in [0.5, 0.6) is 5.75 Å².